The lowest BCUT2D eigenvalue weighted by Crippen LogP contribution is -2.32. The number of ether oxygens (including phenoxy) is 2. The van der Waals surface area contributed by atoms with Crippen molar-refractivity contribution in [3.8, 4) is 11.5 Å². The maximum atomic E-state index is 13.3. The third-order valence-corrected chi connectivity index (χ3v) is 5.89. The smallest absolute Gasteiger partial charge is 0.283 e. The number of carbonyl (C=O) groups is 3. The van der Waals surface area contributed by atoms with E-state index >= 15 is 0 Å². The molecule has 2 N–H and O–H groups in total. The first kappa shape index (κ1) is 25.0. The molecule has 1 heterocycles. The summed E-state index contributed by atoms with van der Waals surface area (Å²) in [5.41, 5.74) is 1.11. The average Bonchev–Trinajstić information content (AvgIpc) is 3.09. The molecule has 3 aromatic rings. The van der Waals surface area contributed by atoms with Crippen molar-refractivity contribution in [3.05, 3.63) is 87.8 Å². The first-order chi connectivity index (χ1) is 17.2. The molecule has 184 valence electrons. The van der Waals surface area contributed by atoms with Crippen molar-refractivity contribution in [2.24, 2.45) is 0 Å². The number of nitrogens with zero attached hydrogens (tertiary/aromatic N) is 1. The van der Waals surface area contributed by atoms with Crippen LogP contribution in [-0.4, -0.2) is 31.9 Å². The maximum Gasteiger partial charge on any atom is 0.283 e. The number of carbonyl (C=O) groups excluding carboxylic acids is 3. The van der Waals surface area contributed by atoms with Crippen molar-refractivity contribution in [1.82, 2.24) is 0 Å². The molecule has 0 unspecified atom stereocenters. The highest BCUT2D eigenvalue weighted by Crippen LogP contribution is 2.37. The molecule has 4 rings (SSSR count). The highest BCUT2D eigenvalue weighted by atomic mass is 35.5. The molecule has 1 aliphatic rings. The molecule has 0 radical (unpaired) electrons. The van der Waals surface area contributed by atoms with Crippen LogP contribution < -0.4 is 25.0 Å². The Kier molecular flexibility index (Phi) is 7.14. The Morgan fingerprint density at radius 1 is 0.889 bits per heavy atom. The summed E-state index contributed by atoms with van der Waals surface area (Å²) in [4.78, 5) is 39.3. The largest absolute Gasteiger partial charge is 0.497 e. The van der Waals surface area contributed by atoms with Gasteiger partial charge in [-0.15, -0.1) is 0 Å². The molecule has 0 spiro atoms. The fourth-order valence-electron chi connectivity index (χ4n) is 3.43. The van der Waals surface area contributed by atoms with Crippen LogP contribution in [0.25, 0.3) is 0 Å². The number of methoxy groups -OCH3 is 2. The van der Waals surface area contributed by atoms with Gasteiger partial charge in [-0.2, -0.15) is 0 Å². The summed E-state index contributed by atoms with van der Waals surface area (Å²) >= 11 is 11.9. The van der Waals surface area contributed by atoms with Gasteiger partial charge in [-0.25, -0.2) is 9.29 Å². The standard InChI is InChI=1S/C25H18Cl2FN3O5/c1-35-16-8-10-19(20(12-16)36-2)31-24(33)21(27)22(25(31)34)29-14-5-3-13(4-6-14)23(32)30-15-7-9-18(28)17(26)11-15/h3-12,29H,1-2H3,(H,30,32). The minimum absolute atomic E-state index is 0.116. The first-order valence-corrected chi connectivity index (χ1v) is 11.1. The van der Waals surface area contributed by atoms with E-state index in [4.69, 9.17) is 32.7 Å². The summed E-state index contributed by atoms with van der Waals surface area (Å²) in [5.74, 6) is -1.71. The van der Waals surface area contributed by atoms with E-state index in [9.17, 15) is 18.8 Å². The second-order valence-electron chi connectivity index (χ2n) is 7.46. The summed E-state index contributed by atoms with van der Waals surface area (Å²) in [6.45, 7) is 0. The van der Waals surface area contributed by atoms with Crippen LogP contribution in [-0.2, 0) is 9.59 Å². The summed E-state index contributed by atoms with van der Waals surface area (Å²) in [5, 5.41) is 5.04. The molecule has 0 saturated carbocycles. The molecule has 0 aromatic heterocycles. The third-order valence-electron chi connectivity index (χ3n) is 5.25. The van der Waals surface area contributed by atoms with Crippen LogP contribution in [0.1, 0.15) is 10.4 Å². The predicted molar refractivity (Wildman–Crippen MR) is 134 cm³/mol. The first-order valence-electron chi connectivity index (χ1n) is 10.4. The van der Waals surface area contributed by atoms with E-state index in [1.807, 2.05) is 0 Å². The second kappa shape index (κ2) is 10.3. The monoisotopic (exact) mass is 529 g/mol. The number of hydrogen-bond acceptors (Lipinski definition) is 6. The number of halogens is 3. The lowest BCUT2D eigenvalue weighted by molar-refractivity contribution is -0.120. The fourth-order valence-corrected chi connectivity index (χ4v) is 3.82. The van der Waals surface area contributed by atoms with Crippen LogP contribution in [0.3, 0.4) is 0 Å². The SMILES string of the molecule is COc1ccc(N2C(=O)C(Cl)=C(Nc3ccc(C(=O)Nc4ccc(F)c(Cl)c4)cc3)C2=O)c(OC)c1. The lowest BCUT2D eigenvalue weighted by Gasteiger charge is -2.18. The Morgan fingerprint density at radius 3 is 2.22 bits per heavy atom. The number of benzene rings is 3. The Labute approximate surface area is 215 Å². The Hall–Kier alpha value is -4.08. The van der Waals surface area contributed by atoms with Crippen molar-refractivity contribution < 1.29 is 28.2 Å². The van der Waals surface area contributed by atoms with Gasteiger partial charge in [-0.3, -0.25) is 14.4 Å². The molecule has 0 bridgehead atoms. The zero-order valence-corrected chi connectivity index (χ0v) is 20.4. The third kappa shape index (κ3) is 4.84. The molecule has 36 heavy (non-hydrogen) atoms. The number of imide groups is 1. The van der Waals surface area contributed by atoms with E-state index in [1.165, 1.54) is 56.7 Å². The molecule has 0 saturated heterocycles. The Bertz CT molecular complexity index is 1410. The second-order valence-corrected chi connectivity index (χ2v) is 8.24. The van der Waals surface area contributed by atoms with Crippen LogP contribution in [0.5, 0.6) is 11.5 Å². The molecule has 3 amide bonds. The molecule has 8 nitrogen and oxygen atoms in total. The fraction of sp³-hybridized carbons (Fsp3) is 0.0800. The van der Waals surface area contributed by atoms with E-state index in [0.29, 0.717) is 22.7 Å². The zero-order chi connectivity index (χ0) is 26.0. The van der Waals surface area contributed by atoms with Gasteiger partial charge in [0.15, 0.2) is 0 Å². The van der Waals surface area contributed by atoms with Gasteiger partial charge >= 0.3 is 0 Å². The van der Waals surface area contributed by atoms with Crippen molar-refractivity contribution in [2.45, 2.75) is 0 Å². The lowest BCUT2D eigenvalue weighted by atomic mass is 10.2. The van der Waals surface area contributed by atoms with Gasteiger partial charge in [0.25, 0.3) is 17.7 Å². The molecule has 3 aromatic carbocycles. The van der Waals surface area contributed by atoms with E-state index in [2.05, 4.69) is 10.6 Å². The number of amides is 3. The summed E-state index contributed by atoms with van der Waals surface area (Å²) in [7, 11) is 2.88. The molecule has 0 fully saturated rings. The van der Waals surface area contributed by atoms with E-state index in [-0.39, 0.29) is 27.2 Å². The van der Waals surface area contributed by atoms with Crippen LogP contribution in [0.4, 0.5) is 21.5 Å². The molecule has 1 aliphatic heterocycles. The van der Waals surface area contributed by atoms with Crippen molar-refractivity contribution in [2.75, 3.05) is 29.8 Å². The van der Waals surface area contributed by atoms with Crippen molar-refractivity contribution in [1.29, 1.82) is 0 Å². The van der Waals surface area contributed by atoms with Crippen LogP contribution in [0.2, 0.25) is 5.02 Å². The van der Waals surface area contributed by atoms with Crippen molar-refractivity contribution in [3.63, 3.8) is 0 Å². The summed E-state index contributed by atoms with van der Waals surface area (Å²) < 4.78 is 23.8. The van der Waals surface area contributed by atoms with Gasteiger partial charge in [0, 0.05) is 23.0 Å². The average molecular weight is 530 g/mol. The number of rotatable bonds is 7. The normalized spacial score (nSPS) is 13.2. The highest BCUT2D eigenvalue weighted by Gasteiger charge is 2.40. The molecule has 0 atom stereocenters. The van der Waals surface area contributed by atoms with Gasteiger partial charge < -0.3 is 20.1 Å². The van der Waals surface area contributed by atoms with Gasteiger partial charge in [0.1, 0.15) is 28.0 Å². The zero-order valence-electron chi connectivity index (χ0n) is 18.9. The molecular weight excluding hydrogens is 512 g/mol. The quantitative estimate of drug-likeness (QED) is 0.409. The van der Waals surface area contributed by atoms with Crippen molar-refractivity contribution >= 4 is 58.0 Å². The number of nitrogens with one attached hydrogen (secondary N) is 2. The minimum Gasteiger partial charge on any atom is -0.497 e. The molecule has 0 aliphatic carbocycles. The molecule has 11 heteroatoms. The van der Waals surface area contributed by atoms with Crippen LogP contribution >= 0.6 is 23.2 Å². The van der Waals surface area contributed by atoms with Gasteiger partial charge in [0.2, 0.25) is 0 Å². The summed E-state index contributed by atoms with van der Waals surface area (Å²) in [6, 6.07) is 14.6. The van der Waals surface area contributed by atoms with Gasteiger partial charge in [0.05, 0.1) is 24.9 Å². The number of hydrogen-bond donors (Lipinski definition) is 2. The Morgan fingerprint density at radius 2 is 1.58 bits per heavy atom. The maximum absolute atomic E-state index is 13.3. The Balaban J connectivity index is 1.50. The van der Waals surface area contributed by atoms with Gasteiger partial charge in [-0.1, -0.05) is 23.2 Å². The topological polar surface area (TPSA) is 97.0 Å². The highest BCUT2D eigenvalue weighted by molar-refractivity contribution is 6.53. The minimum atomic E-state index is -0.721. The number of anilines is 3. The van der Waals surface area contributed by atoms with E-state index in [0.717, 1.165) is 11.0 Å². The van der Waals surface area contributed by atoms with Gasteiger partial charge in [-0.05, 0) is 54.6 Å². The van der Waals surface area contributed by atoms with E-state index < -0.39 is 23.5 Å². The molecular formula is C25H18Cl2FN3O5. The van der Waals surface area contributed by atoms with E-state index in [1.54, 1.807) is 12.1 Å². The van der Waals surface area contributed by atoms with Crippen LogP contribution in [0.15, 0.2) is 71.4 Å². The summed E-state index contributed by atoms with van der Waals surface area (Å²) in [6.07, 6.45) is 0. The van der Waals surface area contributed by atoms with Crippen LogP contribution in [0, 0.1) is 5.82 Å². The predicted octanol–water partition coefficient (Wildman–Crippen LogP) is 5.18.